The molecule has 0 spiro atoms. The molecule has 0 aliphatic heterocycles. The van der Waals surface area contributed by atoms with Crippen LogP contribution in [0.15, 0.2) is 30.9 Å². The first-order chi connectivity index (χ1) is 14.4. The number of rotatable bonds is 6. The Labute approximate surface area is 184 Å². The molecule has 3 aliphatic carbocycles. The van der Waals surface area contributed by atoms with Gasteiger partial charge in [0.25, 0.3) is 0 Å². The smallest absolute Gasteiger partial charge is 0.371 e. The average Bonchev–Trinajstić information content (AvgIpc) is 2.94. The van der Waals surface area contributed by atoms with Gasteiger partial charge in [-0.3, -0.25) is 4.18 Å². The summed E-state index contributed by atoms with van der Waals surface area (Å²) in [7, 11) is -8.07. The second-order valence-corrected chi connectivity index (χ2v) is 11.9. The summed E-state index contributed by atoms with van der Waals surface area (Å²) in [4.78, 5) is 0. The van der Waals surface area contributed by atoms with Crippen molar-refractivity contribution in [2.24, 2.45) is 27.5 Å². The number of benzene rings is 1. The van der Waals surface area contributed by atoms with E-state index in [1.54, 1.807) is 12.1 Å². The van der Waals surface area contributed by atoms with Crippen LogP contribution in [0.1, 0.15) is 56.6 Å². The molecule has 2 fully saturated rings. The van der Waals surface area contributed by atoms with Crippen molar-refractivity contribution in [2.75, 3.05) is 0 Å². The zero-order valence-corrected chi connectivity index (χ0v) is 19.3. The quantitative estimate of drug-likeness (QED) is 0.612. The summed E-state index contributed by atoms with van der Waals surface area (Å²) in [5, 5.41) is 10.2. The van der Waals surface area contributed by atoms with Gasteiger partial charge in [-0.25, -0.2) is 5.14 Å². The van der Waals surface area contributed by atoms with E-state index in [1.807, 2.05) is 12.1 Å². The van der Waals surface area contributed by atoms with Crippen LogP contribution in [0.4, 0.5) is 0 Å². The van der Waals surface area contributed by atoms with E-state index in [-0.39, 0.29) is 16.6 Å². The van der Waals surface area contributed by atoms with Crippen LogP contribution in [0.2, 0.25) is 0 Å². The predicted molar refractivity (Wildman–Crippen MR) is 117 cm³/mol. The van der Waals surface area contributed by atoms with Crippen molar-refractivity contribution in [3.05, 3.63) is 42.0 Å². The summed E-state index contributed by atoms with van der Waals surface area (Å²) in [5.74, 6) is 0.869. The molecule has 0 heterocycles. The molecule has 10 heteroatoms. The van der Waals surface area contributed by atoms with Crippen LogP contribution in [0.3, 0.4) is 0 Å². The van der Waals surface area contributed by atoms with Gasteiger partial charge in [-0.15, -0.1) is 6.58 Å². The van der Waals surface area contributed by atoms with Gasteiger partial charge in [-0.1, -0.05) is 19.1 Å². The Morgan fingerprint density at radius 2 is 1.90 bits per heavy atom. The van der Waals surface area contributed by atoms with Gasteiger partial charge in [0.15, 0.2) is 0 Å². The van der Waals surface area contributed by atoms with Gasteiger partial charge >= 0.3 is 20.6 Å². The Hall–Kier alpha value is -1.46. The fourth-order valence-corrected chi connectivity index (χ4v) is 7.69. The van der Waals surface area contributed by atoms with Crippen molar-refractivity contribution in [3.63, 3.8) is 0 Å². The van der Waals surface area contributed by atoms with Gasteiger partial charge in [-0.2, -0.15) is 22.0 Å². The normalized spacial score (nSPS) is 35.0. The fraction of sp³-hybridized carbons (Fsp3) is 0.619. The van der Waals surface area contributed by atoms with E-state index in [1.165, 1.54) is 5.56 Å². The van der Waals surface area contributed by atoms with E-state index < -0.39 is 26.7 Å². The Morgan fingerprint density at radius 3 is 2.55 bits per heavy atom. The van der Waals surface area contributed by atoms with Gasteiger partial charge in [0.1, 0.15) is 5.75 Å². The minimum Gasteiger partial charge on any atom is -0.371 e. The van der Waals surface area contributed by atoms with E-state index >= 15 is 0 Å². The second-order valence-electron chi connectivity index (χ2n) is 9.60. The Bertz CT molecular complexity index is 1100. The lowest BCUT2D eigenvalue weighted by atomic mass is 9.48. The maximum atomic E-state index is 11.5. The highest BCUT2D eigenvalue weighted by molar-refractivity contribution is 7.84. The summed E-state index contributed by atoms with van der Waals surface area (Å²) < 4.78 is 55.8. The average molecular weight is 471 g/mol. The lowest BCUT2D eigenvalue weighted by Crippen LogP contribution is -2.50. The molecule has 31 heavy (non-hydrogen) atoms. The van der Waals surface area contributed by atoms with Crippen LogP contribution >= 0.6 is 0 Å². The highest BCUT2D eigenvalue weighted by atomic mass is 32.2. The standard InChI is InChI=1S/C21H30N2O6S2/c1-3-8-21-10-9-20(2)13-16(29-31(23,26)27)12-19(20)18(21)6-4-14-11-15(5-7-17(14)21)28-30(22,24)25/h3,5,7,11,16,18-19H,1,4,6,8-10,12-13H2,2H3,(H2,22,24,25)(H2,23,26,27)/t16-,18?,19?,20-,21-/m1/s1. The third kappa shape index (κ3) is 4.28. The molecular formula is C21H30N2O6S2. The summed E-state index contributed by atoms with van der Waals surface area (Å²) in [6.07, 6.45) is 7.30. The van der Waals surface area contributed by atoms with Crippen molar-refractivity contribution in [3.8, 4) is 5.75 Å². The molecule has 2 unspecified atom stereocenters. The molecule has 0 radical (unpaired) electrons. The molecule has 4 rings (SSSR count). The van der Waals surface area contributed by atoms with Crippen LogP contribution in [-0.2, 0) is 36.6 Å². The molecule has 2 saturated carbocycles. The van der Waals surface area contributed by atoms with Crippen LogP contribution in [-0.4, -0.2) is 22.9 Å². The van der Waals surface area contributed by atoms with Crippen molar-refractivity contribution < 1.29 is 25.2 Å². The van der Waals surface area contributed by atoms with Gasteiger partial charge < -0.3 is 4.18 Å². The second kappa shape index (κ2) is 7.55. The molecule has 0 bridgehead atoms. The third-order valence-electron chi connectivity index (χ3n) is 7.77. The molecule has 8 nitrogen and oxygen atoms in total. The SMILES string of the molecule is C=CC[C@]12CC[C@]3(C)C[C@H](OS(N)(=O)=O)CC3C1CCc1cc(OS(N)(=O)=O)ccc12. The van der Waals surface area contributed by atoms with E-state index in [2.05, 4.69) is 13.5 Å². The molecule has 0 amide bonds. The molecule has 0 saturated heterocycles. The summed E-state index contributed by atoms with van der Waals surface area (Å²) in [6.45, 7) is 6.24. The number of fused-ring (bicyclic) bond motifs is 5. The molecule has 5 atom stereocenters. The summed E-state index contributed by atoms with van der Waals surface area (Å²) in [6, 6.07) is 5.39. The monoisotopic (exact) mass is 470 g/mol. The molecule has 172 valence electrons. The number of hydrogen-bond acceptors (Lipinski definition) is 6. The zero-order valence-electron chi connectivity index (χ0n) is 17.6. The number of nitrogens with two attached hydrogens (primary N) is 2. The number of aryl methyl sites for hydroxylation is 1. The Balaban J connectivity index is 1.70. The van der Waals surface area contributed by atoms with Crippen LogP contribution in [0.25, 0.3) is 0 Å². The van der Waals surface area contributed by atoms with Gasteiger partial charge in [-0.05, 0) is 85.5 Å². The first-order valence-electron chi connectivity index (χ1n) is 10.5. The van der Waals surface area contributed by atoms with Gasteiger partial charge in [0.05, 0.1) is 6.10 Å². The first-order valence-corrected chi connectivity index (χ1v) is 13.5. The van der Waals surface area contributed by atoms with E-state index in [0.717, 1.165) is 37.7 Å². The maximum Gasteiger partial charge on any atom is 0.380 e. The molecule has 1 aromatic carbocycles. The highest BCUT2D eigenvalue weighted by Crippen LogP contribution is 2.64. The van der Waals surface area contributed by atoms with Crippen molar-refractivity contribution in [2.45, 2.75) is 63.4 Å². The largest absolute Gasteiger partial charge is 0.380 e. The third-order valence-corrected chi connectivity index (χ3v) is 8.74. The van der Waals surface area contributed by atoms with Crippen molar-refractivity contribution >= 4 is 20.6 Å². The summed E-state index contributed by atoms with van der Waals surface area (Å²) >= 11 is 0. The van der Waals surface area contributed by atoms with Crippen molar-refractivity contribution in [1.82, 2.24) is 0 Å². The minimum atomic E-state index is -4.08. The van der Waals surface area contributed by atoms with Gasteiger partial charge in [0.2, 0.25) is 0 Å². The van der Waals surface area contributed by atoms with E-state index in [9.17, 15) is 16.8 Å². The van der Waals surface area contributed by atoms with E-state index in [4.69, 9.17) is 18.6 Å². The summed E-state index contributed by atoms with van der Waals surface area (Å²) in [5.41, 5.74) is 2.14. The minimum absolute atomic E-state index is 0.00111. The molecule has 0 aromatic heterocycles. The highest BCUT2D eigenvalue weighted by Gasteiger charge is 2.59. The lowest BCUT2D eigenvalue weighted by molar-refractivity contribution is 0.00646. The molecule has 1 aromatic rings. The van der Waals surface area contributed by atoms with Gasteiger partial charge in [0, 0.05) is 5.41 Å². The number of hydrogen-bond donors (Lipinski definition) is 2. The Morgan fingerprint density at radius 1 is 1.16 bits per heavy atom. The lowest BCUT2D eigenvalue weighted by Gasteiger charge is -2.56. The van der Waals surface area contributed by atoms with Crippen molar-refractivity contribution in [1.29, 1.82) is 0 Å². The molecule has 3 aliphatic rings. The topological polar surface area (TPSA) is 139 Å². The fourth-order valence-electron chi connectivity index (χ4n) is 6.79. The predicted octanol–water partition coefficient (Wildman–Crippen LogP) is 2.44. The number of allylic oxidation sites excluding steroid dienone is 1. The molecule has 4 N–H and O–H groups in total. The van der Waals surface area contributed by atoms with Crippen LogP contribution < -0.4 is 14.5 Å². The maximum absolute atomic E-state index is 11.5. The molecular weight excluding hydrogens is 440 g/mol. The first kappa shape index (κ1) is 22.7. The Kier molecular flexibility index (Phi) is 5.54. The zero-order chi connectivity index (χ0) is 22.7. The van der Waals surface area contributed by atoms with Crippen LogP contribution in [0, 0.1) is 17.3 Å². The van der Waals surface area contributed by atoms with Crippen LogP contribution in [0.5, 0.6) is 5.75 Å². The van der Waals surface area contributed by atoms with E-state index in [0.29, 0.717) is 24.7 Å².